The summed E-state index contributed by atoms with van der Waals surface area (Å²) in [4.78, 5) is 30.7. The molecular weight excluding hydrogens is 333 g/mol. The van der Waals surface area contributed by atoms with Gasteiger partial charge in [-0.2, -0.15) is 0 Å². The Labute approximate surface area is 151 Å². The van der Waals surface area contributed by atoms with Crippen LogP contribution < -0.4 is 10.6 Å². The minimum Gasteiger partial charge on any atom is -0.366 e. The lowest BCUT2D eigenvalue weighted by atomic mass is 9.85. The van der Waals surface area contributed by atoms with Crippen LogP contribution in [0.1, 0.15) is 48.3 Å². The van der Waals surface area contributed by atoms with Crippen molar-refractivity contribution in [3.05, 3.63) is 47.0 Å². The summed E-state index contributed by atoms with van der Waals surface area (Å²) >= 11 is 0. The Morgan fingerprint density at radius 3 is 2.65 bits per heavy atom. The van der Waals surface area contributed by atoms with Crippen LogP contribution in [0, 0.1) is 12.7 Å². The largest absolute Gasteiger partial charge is 0.366 e. The Balaban J connectivity index is 1.98. The number of nitrogens with two attached hydrogens (primary N) is 1. The number of aryl methyl sites for hydroxylation is 1. The summed E-state index contributed by atoms with van der Waals surface area (Å²) in [7, 11) is 0. The van der Waals surface area contributed by atoms with E-state index in [1.54, 1.807) is 17.9 Å². The zero-order chi connectivity index (χ0) is 18.8. The molecule has 134 valence electrons. The van der Waals surface area contributed by atoms with Gasteiger partial charge in [0, 0.05) is 34.7 Å². The highest BCUT2D eigenvalue weighted by Crippen LogP contribution is 2.48. The van der Waals surface area contributed by atoms with Gasteiger partial charge in [0.1, 0.15) is 5.82 Å². The van der Waals surface area contributed by atoms with E-state index in [9.17, 15) is 9.59 Å². The third kappa shape index (κ3) is 2.25. The maximum atomic E-state index is 15.1. The van der Waals surface area contributed by atoms with Gasteiger partial charge < -0.3 is 10.6 Å². The predicted molar refractivity (Wildman–Crippen MR) is 96.4 cm³/mol. The third-order valence-corrected chi connectivity index (χ3v) is 5.36. The third-order valence-electron chi connectivity index (χ3n) is 5.36. The van der Waals surface area contributed by atoms with E-state index in [0.717, 1.165) is 18.5 Å². The lowest BCUT2D eigenvalue weighted by Gasteiger charge is -2.20. The molecule has 0 saturated heterocycles. The van der Waals surface area contributed by atoms with Crippen LogP contribution in [0.2, 0.25) is 0 Å². The molecule has 2 aliphatic rings. The molecule has 2 amide bonds. The molecule has 0 unspecified atom stereocenters. The van der Waals surface area contributed by atoms with E-state index < -0.39 is 17.1 Å². The molecule has 0 spiro atoms. The Bertz CT molecular complexity index is 964. The van der Waals surface area contributed by atoms with E-state index in [0.29, 0.717) is 16.8 Å². The number of carbonyl (C=O) groups is 2. The van der Waals surface area contributed by atoms with Crippen molar-refractivity contribution in [2.75, 3.05) is 4.90 Å². The standard InChI is InChI=1S/C20H20FN3O2/c1-10-17(12(18(22)25)6-7-23-10)13-8-16-14(9-15(13)21)20(2,3)19(26)24(16)11-4-5-11/h6-9,11H,4-5H2,1-3H3,(H2,22,25). The van der Waals surface area contributed by atoms with Crippen LogP contribution in [0.4, 0.5) is 10.1 Å². The van der Waals surface area contributed by atoms with Crippen molar-refractivity contribution < 1.29 is 14.0 Å². The fourth-order valence-corrected chi connectivity index (χ4v) is 3.79. The van der Waals surface area contributed by atoms with Gasteiger partial charge in [0.25, 0.3) is 0 Å². The van der Waals surface area contributed by atoms with Crippen molar-refractivity contribution in [3.8, 4) is 11.1 Å². The van der Waals surface area contributed by atoms with Gasteiger partial charge in [0.15, 0.2) is 0 Å². The number of amides is 2. The summed E-state index contributed by atoms with van der Waals surface area (Å²) in [5.41, 5.74) is 7.48. The number of halogens is 1. The summed E-state index contributed by atoms with van der Waals surface area (Å²) in [5, 5.41) is 0. The fraction of sp³-hybridized carbons (Fsp3) is 0.350. The quantitative estimate of drug-likeness (QED) is 0.921. The number of aromatic nitrogens is 1. The van der Waals surface area contributed by atoms with E-state index in [1.165, 1.54) is 18.3 Å². The van der Waals surface area contributed by atoms with Gasteiger partial charge >= 0.3 is 0 Å². The molecule has 0 atom stereocenters. The van der Waals surface area contributed by atoms with Crippen molar-refractivity contribution in [2.45, 2.75) is 45.1 Å². The number of hydrogen-bond donors (Lipinski definition) is 1. The molecule has 1 aromatic heterocycles. The van der Waals surface area contributed by atoms with Crippen molar-refractivity contribution in [1.29, 1.82) is 0 Å². The molecule has 2 heterocycles. The second-order valence-electron chi connectivity index (χ2n) is 7.56. The number of fused-ring (bicyclic) bond motifs is 1. The molecule has 26 heavy (non-hydrogen) atoms. The van der Waals surface area contributed by atoms with Crippen molar-refractivity contribution >= 4 is 17.5 Å². The Hall–Kier alpha value is -2.76. The van der Waals surface area contributed by atoms with E-state index in [1.807, 2.05) is 13.8 Å². The zero-order valence-electron chi connectivity index (χ0n) is 15.0. The summed E-state index contributed by atoms with van der Waals surface area (Å²) < 4.78 is 15.1. The van der Waals surface area contributed by atoms with E-state index in [4.69, 9.17) is 5.73 Å². The molecule has 1 fully saturated rings. The predicted octanol–water partition coefficient (Wildman–Crippen LogP) is 3.08. The molecule has 0 radical (unpaired) electrons. The van der Waals surface area contributed by atoms with Gasteiger partial charge in [-0.3, -0.25) is 14.6 Å². The average Bonchev–Trinajstić information content (AvgIpc) is 3.37. The molecule has 2 aromatic rings. The van der Waals surface area contributed by atoms with Crippen LogP contribution in [0.15, 0.2) is 24.4 Å². The first-order valence-corrected chi connectivity index (χ1v) is 8.67. The second-order valence-corrected chi connectivity index (χ2v) is 7.56. The molecule has 1 aromatic carbocycles. The van der Waals surface area contributed by atoms with E-state index >= 15 is 4.39 Å². The molecule has 4 rings (SSSR count). The topological polar surface area (TPSA) is 76.3 Å². The van der Waals surface area contributed by atoms with Gasteiger partial charge in [-0.1, -0.05) is 0 Å². The first-order chi connectivity index (χ1) is 12.2. The van der Waals surface area contributed by atoms with Gasteiger partial charge in [0.05, 0.1) is 11.0 Å². The first kappa shape index (κ1) is 16.7. The number of primary amides is 1. The van der Waals surface area contributed by atoms with Crippen LogP contribution in [0.5, 0.6) is 0 Å². The first-order valence-electron chi connectivity index (χ1n) is 8.67. The highest BCUT2D eigenvalue weighted by molar-refractivity contribution is 6.09. The van der Waals surface area contributed by atoms with Crippen molar-refractivity contribution in [2.24, 2.45) is 5.73 Å². The van der Waals surface area contributed by atoms with Crippen LogP contribution in [-0.4, -0.2) is 22.8 Å². The minimum absolute atomic E-state index is 0.00965. The van der Waals surface area contributed by atoms with E-state index in [-0.39, 0.29) is 23.1 Å². The summed E-state index contributed by atoms with van der Waals surface area (Å²) in [6.07, 6.45) is 3.38. The smallest absolute Gasteiger partial charge is 0.249 e. The number of rotatable bonds is 3. The van der Waals surface area contributed by atoms with Gasteiger partial charge in [-0.25, -0.2) is 4.39 Å². The number of hydrogen-bond acceptors (Lipinski definition) is 3. The highest BCUT2D eigenvalue weighted by atomic mass is 19.1. The monoisotopic (exact) mass is 353 g/mol. The van der Waals surface area contributed by atoms with Gasteiger partial charge in [-0.05, 0) is 57.4 Å². The van der Waals surface area contributed by atoms with Crippen LogP contribution >= 0.6 is 0 Å². The van der Waals surface area contributed by atoms with Crippen LogP contribution in [-0.2, 0) is 10.2 Å². The highest BCUT2D eigenvalue weighted by Gasteiger charge is 2.49. The maximum Gasteiger partial charge on any atom is 0.249 e. The SMILES string of the molecule is Cc1nccc(C(N)=O)c1-c1cc2c(cc1F)C(C)(C)C(=O)N2C1CC1. The normalized spacial score (nSPS) is 18.2. The Morgan fingerprint density at radius 2 is 2.04 bits per heavy atom. The number of carbonyl (C=O) groups excluding carboxylic acids is 2. The molecule has 6 heteroatoms. The van der Waals surface area contributed by atoms with Crippen LogP contribution in [0.25, 0.3) is 11.1 Å². The Kier molecular flexibility index (Phi) is 3.45. The molecule has 1 saturated carbocycles. The molecule has 2 N–H and O–H groups in total. The molecule has 0 bridgehead atoms. The van der Waals surface area contributed by atoms with E-state index in [2.05, 4.69) is 4.98 Å². The zero-order valence-corrected chi connectivity index (χ0v) is 15.0. The lowest BCUT2D eigenvalue weighted by Crippen LogP contribution is -2.37. The summed E-state index contributed by atoms with van der Waals surface area (Å²) in [6, 6.07) is 4.76. The molecule has 1 aliphatic heterocycles. The maximum absolute atomic E-state index is 15.1. The summed E-state index contributed by atoms with van der Waals surface area (Å²) in [6.45, 7) is 5.35. The van der Waals surface area contributed by atoms with Crippen LogP contribution in [0.3, 0.4) is 0 Å². The molecule has 5 nitrogen and oxygen atoms in total. The van der Waals surface area contributed by atoms with Crippen molar-refractivity contribution in [3.63, 3.8) is 0 Å². The number of benzene rings is 1. The number of pyridine rings is 1. The minimum atomic E-state index is -0.770. The second kappa shape index (κ2) is 5.37. The fourth-order valence-electron chi connectivity index (χ4n) is 3.79. The summed E-state index contributed by atoms with van der Waals surface area (Å²) in [5.74, 6) is -1.13. The number of anilines is 1. The molecule has 1 aliphatic carbocycles. The number of nitrogens with zero attached hydrogens (tertiary/aromatic N) is 2. The van der Waals surface area contributed by atoms with Crippen molar-refractivity contribution in [1.82, 2.24) is 4.98 Å². The lowest BCUT2D eigenvalue weighted by molar-refractivity contribution is -0.122. The molecular formula is C20H20FN3O2. The average molecular weight is 353 g/mol. The Morgan fingerprint density at radius 1 is 1.35 bits per heavy atom. The van der Waals surface area contributed by atoms with Gasteiger partial charge in [0.2, 0.25) is 11.8 Å². The van der Waals surface area contributed by atoms with Gasteiger partial charge in [-0.15, -0.1) is 0 Å².